The van der Waals surface area contributed by atoms with Crippen molar-refractivity contribution in [1.29, 1.82) is 0 Å². The second-order valence-corrected chi connectivity index (χ2v) is 7.53. The lowest BCUT2D eigenvalue weighted by Gasteiger charge is -2.22. The molecule has 1 aromatic rings. The fraction of sp³-hybridized carbons (Fsp3) is 0.600. The molecular formula is C15H20Cl2N4O. The highest BCUT2D eigenvalue weighted by Gasteiger charge is 2.58. The zero-order chi connectivity index (χ0) is 16.1. The van der Waals surface area contributed by atoms with Crippen LogP contribution in [-0.2, 0) is 11.3 Å². The average Bonchev–Trinajstić information content (AvgIpc) is 2.96. The highest BCUT2D eigenvalue weighted by molar-refractivity contribution is 6.37. The molecule has 0 spiro atoms. The van der Waals surface area contributed by atoms with Crippen LogP contribution in [0, 0.1) is 5.41 Å². The number of carbonyl (C=O) groups is 1. The van der Waals surface area contributed by atoms with Crippen LogP contribution >= 0.6 is 23.4 Å². The topological polar surface area (TPSA) is 48.5 Å². The molecule has 2 fully saturated rings. The molecule has 1 saturated heterocycles. The van der Waals surface area contributed by atoms with Gasteiger partial charge >= 0.3 is 0 Å². The number of halogens is 2. The zero-order valence-corrected chi connectivity index (χ0v) is 14.4. The lowest BCUT2D eigenvalue weighted by molar-refractivity contribution is -0.119. The highest BCUT2D eigenvalue weighted by atomic mass is 35.5. The van der Waals surface area contributed by atoms with E-state index >= 15 is 0 Å². The number of nitrogens with zero attached hydrogens (tertiary/aromatic N) is 3. The third-order valence-corrected chi connectivity index (χ3v) is 5.05. The molecule has 0 aromatic carbocycles. The Morgan fingerprint density at radius 1 is 1.45 bits per heavy atom. The van der Waals surface area contributed by atoms with Gasteiger partial charge in [0.2, 0.25) is 0 Å². The Morgan fingerprint density at radius 3 is 2.77 bits per heavy atom. The van der Waals surface area contributed by atoms with Crippen LogP contribution in [0.2, 0.25) is 5.15 Å². The van der Waals surface area contributed by atoms with E-state index in [0.29, 0.717) is 23.6 Å². The third kappa shape index (κ3) is 2.95. The monoisotopic (exact) mass is 342 g/mol. The molecule has 1 aromatic heterocycles. The summed E-state index contributed by atoms with van der Waals surface area (Å²) >= 11 is 12.3. The molecule has 0 bridgehead atoms. The SMILES string of the molecule is CN(C)Cc1ccc(Cl)nc1N(Cl)C(=O)[C@@H]1C[C@@]2(C)C[C@H]2N1. The van der Waals surface area contributed by atoms with Crippen molar-refractivity contribution in [3.05, 3.63) is 22.8 Å². The van der Waals surface area contributed by atoms with Gasteiger partial charge in [0.25, 0.3) is 5.91 Å². The van der Waals surface area contributed by atoms with E-state index in [1.807, 2.05) is 25.1 Å². The minimum Gasteiger partial charge on any atom is -0.305 e. The zero-order valence-electron chi connectivity index (χ0n) is 12.9. The van der Waals surface area contributed by atoms with E-state index in [2.05, 4.69) is 17.2 Å². The molecule has 5 nitrogen and oxygen atoms in total. The number of amides is 1. The molecule has 1 saturated carbocycles. The average molecular weight is 343 g/mol. The maximum Gasteiger partial charge on any atom is 0.260 e. The molecule has 1 aliphatic heterocycles. The molecule has 3 rings (SSSR count). The quantitative estimate of drug-likeness (QED) is 0.674. The minimum absolute atomic E-state index is 0.162. The van der Waals surface area contributed by atoms with Crippen molar-refractivity contribution < 1.29 is 4.79 Å². The van der Waals surface area contributed by atoms with Gasteiger partial charge in [0.15, 0.2) is 5.82 Å². The summed E-state index contributed by atoms with van der Waals surface area (Å²) in [5.41, 5.74) is 1.12. The minimum atomic E-state index is -0.241. The molecule has 1 aliphatic carbocycles. The first-order valence-electron chi connectivity index (χ1n) is 7.36. The van der Waals surface area contributed by atoms with Gasteiger partial charge in [-0.15, -0.1) is 0 Å². The van der Waals surface area contributed by atoms with E-state index < -0.39 is 0 Å². The predicted octanol–water partition coefficient (Wildman–Crippen LogP) is 2.42. The van der Waals surface area contributed by atoms with Crippen LogP contribution in [0.25, 0.3) is 0 Å². The van der Waals surface area contributed by atoms with Crippen molar-refractivity contribution in [2.75, 3.05) is 18.5 Å². The lowest BCUT2D eigenvalue weighted by atomic mass is 10.0. The Hall–Kier alpha value is -0.880. The van der Waals surface area contributed by atoms with Crippen LogP contribution in [0.1, 0.15) is 25.3 Å². The molecule has 7 heteroatoms. The highest BCUT2D eigenvalue weighted by Crippen LogP contribution is 2.54. The summed E-state index contributed by atoms with van der Waals surface area (Å²) in [6, 6.07) is 3.77. The summed E-state index contributed by atoms with van der Waals surface area (Å²) in [6.07, 6.45) is 1.96. The van der Waals surface area contributed by atoms with E-state index in [-0.39, 0.29) is 17.4 Å². The molecule has 0 radical (unpaired) electrons. The number of hydrogen-bond donors (Lipinski definition) is 1. The van der Waals surface area contributed by atoms with Crippen LogP contribution in [-0.4, -0.2) is 42.0 Å². The number of hydrogen-bond acceptors (Lipinski definition) is 4. The Balaban J connectivity index is 1.80. The lowest BCUT2D eigenvalue weighted by Crippen LogP contribution is -2.41. The Kier molecular flexibility index (Phi) is 4.10. The summed E-state index contributed by atoms with van der Waals surface area (Å²) in [4.78, 5) is 18.9. The van der Waals surface area contributed by atoms with Crippen LogP contribution in [0.5, 0.6) is 0 Å². The maximum absolute atomic E-state index is 12.6. The van der Waals surface area contributed by atoms with Crippen molar-refractivity contribution in [2.45, 2.75) is 38.4 Å². The number of pyridine rings is 1. The van der Waals surface area contributed by atoms with Crippen LogP contribution in [0.15, 0.2) is 12.1 Å². The number of carbonyl (C=O) groups excluding carboxylic acids is 1. The van der Waals surface area contributed by atoms with E-state index in [1.54, 1.807) is 6.07 Å². The van der Waals surface area contributed by atoms with Crippen molar-refractivity contribution in [3.8, 4) is 0 Å². The number of rotatable bonds is 4. The van der Waals surface area contributed by atoms with Crippen molar-refractivity contribution >= 4 is 35.1 Å². The van der Waals surface area contributed by atoms with Crippen LogP contribution < -0.4 is 9.74 Å². The van der Waals surface area contributed by atoms with Gasteiger partial charge in [0, 0.05) is 29.9 Å². The molecule has 0 unspecified atom stereocenters. The normalized spacial score (nSPS) is 29.5. The summed E-state index contributed by atoms with van der Waals surface area (Å²) < 4.78 is 1.12. The van der Waals surface area contributed by atoms with Gasteiger partial charge in [-0.25, -0.2) is 9.40 Å². The van der Waals surface area contributed by atoms with E-state index in [4.69, 9.17) is 23.4 Å². The molecular weight excluding hydrogens is 323 g/mol. The second kappa shape index (κ2) is 5.64. The third-order valence-electron chi connectivity index (χ3n) is 4.51. The van der Waals surface area contributed by atoms with Gasteiger partial charge < -0.3 is 10.2 Å². The fourth-order valence-electron chi connectivity index (χ4n) is 3.15. The Labute approximate surface area is 140 Å². The smallest absolute Gasteiger partial charge is 0.260 e. The predicted molar refractivity (Wildman–Crippen MR) is 88.0 cm³/mol. The second-order valence-electron chi connectivity index (χ2n) is 6.81. The molecule has 120 valence electrons. The van der Waals surface area contributed by atoms with Gasteiger partial charge in [-0.05, 0) is 38.4 Å². The number of aromatic nitrogens is 1. The molecule has 1 amide bonds. The summed E-state index contributed by atoms with van der Waals surface area (Å²) in [6.45, 7) is 2.83. The van der Waals surface area contributed by atoms with Gasteiger partial charge in [0.05, 0.1) is 6.04 Å². The van der Waals surface area contributed by atoms with Gasteiger partial charge in [-0.1, -0.05) is 24.6 Å². The van der Waals surface area contributed by atoms with Crippen LogP contribution in [0.4, 0.5) is 5.82 Å². The first-order valence-corrected chi connectivity index (χ1v) is 8.08. The number of nitrogens with one attached hydrogen (secondary N) is 1. The van der Waals surface area contributed by atoms with E-state index in [9.17, 15) is 4.79 Å². The molecule has 2 aliphatic rings. The van der Waals surface area contributed by atoms with Gasteiger partial charge in [-0.2, -0.15) is 0 Å². The van der Waals surface area contributed by atoms with E-state index in [0.717, 1.165) is 22.8 Å². The largest absolute Gasteiger partial charge is 0.305 e. The molecule has 2 heterocycles. The summed E-state index contributed by atoms with van der Waals surface area (Å²) in [5.74, 6) is 0.255. The fourth-order valence-corrected chi connectivity index (χ4v) is 3.56. The maximum atomic E-state index is 12.6. The number of fused-ring (bicyclic) bond motifs is 1. The molecule has 22 heavy (non-hydrogen) atoms. The van der Waals surface area contributed by atoms with Crippen molar-refractivity contribution in [2.24, 2.45) is 5.41 Å². The Morgan fingerprint density at radius 2 is 2.18 bits per heavy atom. The number of anilines is 1. The van der Waals surface area contributed by atoms with Crippen molar-refractivity contribution in [3.63, 3.8) is 0 Å². The van der Waals surface area contributed by atoms with Crippen LogP contribution in [0.3, 0.4) is 0 Å². The van der Waals surface area contributed by atoms with Gasteiger partial charge in [-0.3, -0.25) is 4.79 Å². The molecule has 1 N–H and O–H groups in total. The first kappa shape index (κ1) is 16.0. The standard InChI is InChI=1S/C15H20Cl2N4O/c1-15-6-10(18-11(15)7-15)14(22)21(17)13-9(8-20(2)3)4-5-12(16)19-13/h4-5,10-11,18H,6-8H2,1-3H3/t10-,11+,15-/m0/s1. The molecule has 3 atom stereocenters. The van der Waals surface area contributed by atoms with E-state index in [1.165, 1.54) is 0 Å². The van der Waals surface area contributed by atoms with Crippen molar-refractivity contribution in [1.82, 2.24) is 15.2 Å². The summed E-state index contributed by atoms with van der Waals surface area (Å²) in [7, 11) is 3.90. The Bertz CT molecular complexity index is 609. The first-order chi connectivity index (χ1) is 10.3. The summed E-state index contributed by atoms with van der Waals surface area (Å²) in [5, 5.41) is 3.67. The number of piperidine rings is 1. The van der Waals surface area contributed by atoms with Gasteiger partial charge in [0.1, 0.15) is 5.15 Å².